The third-order valence-electron chi connectivity index (χ3n) is 15.7. The summed E-state index contributed by atoms with van der Waals surface area (Å²) < 4.78 is 49.5. The molecule has 4 aromatic carbocycles. The Morgan fingerprint density at radius 3 is 2.25 bits per heavy atom. The molecule has 2 saturated heterocycles. The van der Waals surface area contributed by atoms with Crippen LogP contribution in [0.2, 0.25) is 0 Å². The van der Waals surface area contributed by atoms with Crippen LogP contribution in [0.1, 0.15) is 81.8 Å². The molecule has 0 bridgehead atoms. The molecule has 0 radical (unpaired) electrons. The Morgan fingerprint density at radius 2 is 1.57 bits per heavy atom. The minimum absolute atomic E-state index is 0. The van der Waals surface area contributed by atoms with Gasteiger partial charge in [0, 0.05) is 68.8 Å². The number of benzene rings is 4. The number of halogens is 6. The summed E-state index contributed by atoms with van der Waals surface area (Å²) in [6, 6.07) is 16.9. The maximum atomic E-state index is 15.0. The second-order valence-electron chi connectivity index (χ2n) is 21.3. The van der Waals surface area contributed by atoms with Crippen molar-refractivity contribution in [2.24, 2.45) is 5.92 Å². The highest BCUT2D eigenvalue weighted by Crippen LogP contribution is 2.43. The standard InChI is InChI=1S/C57H71F3N10O7.3ClH/c1-8-33(2)50(65-53(73)36(5)61-7)55(75)69-28-39-15-18-41(24-43(39)52(69)54(74)66-51-45(59)10-9-11-46(51)60)64-48(71)26-63-56(76)57(6)32-70(47-23-38(14-19-44(47)57)22-37-12-16-40(58)17-13-37)49(72)30-68-27-34(3)62-25-42(68)29-67-20-21-77-31-35(67)4;;;/h9-19,23-24,33-36,42,50,52,61-62H,8,20-22,25-32H2,1-7H3,(H,63,76)(H,64,71)(H,65,73)(H,66,74);3*1H/t33-,34+,35?,36?,42+,50-,52?,57?;;;/m0.../s1. The number of morpholine rings is 1. The lowest BCUT2D eigenvalue weighted by molar-refractivity contribution is -0.143. The summed E-state index contributed by atoms with van der Waals surface area (Å²) in [6.07, 6.45) is 0.941. The molecule has 6 N–H and O–H groups in total. The second kappa shape index (κ2) is 28.2. The molecule has 80 heavy (non-hydrogen) atoms. The van der Waals surface area contributed by atoms with Gasteiger partial charge in [-0.3, -0.25) is 38.6 Å². The quantitative estimate of drug-likeness (QED) is 0.0699. The zero-order valence-corrected chi connectivity index (χ0v) is 48.5. The highest BCUT2D eigenvalue weighted by atomic mass is 35.5. The van der Waals surface area contributed by atoms with Gasteiger partial charge < -0.3 is 46.4 Å². The first-order valence-corrected chi connectivity index (χ1v) is 26.5. The third kappa shape index (κ3) is 14.6. The van der Waals surface area contributed by atoms with E-state index in [1.807, 2.05) is 25.1 Å². The molecule has 436 valence electrons. The molecular formula is C57H74Cl3F3N10O7. The van der Waals surface area contributed by atoms with Gasteiger partial charge in [0.1, 0.15) is 35.2 Å². The molecule has 0 aromatic heterocycles. The molecule has 0 spiro atoms. The maximum Gasteiger partial charge on any atom is 0.252 e. The normalized spacial score (nSPS) is 21.7. The molecule has 4 aliphatic heterocycles. The number of hydrogen-bond donors (Lipinski definition) is 6. The van der Waals surface area contributed by atoms with Crippen LogP contribution in [0.25, 0.3) is 0 Å². The molecule has 4 aliphatic rings. The van der Waals surface area contributed by atoms with E-state index in [9.17, 15) is 41.9 Å². The van der Waals surface area contributed by atoms with Crippen molar-refractivity contribution in [2.45, 2.75) is 103 Å². The average Bonchev–Trinajstić information content (AvgIpc) is 4.07. The minimum Gasteiger partial charge on any atom is -0.379 e. The lowest BCUT2D eigenvalue weighted by Crippen LogP contribution is -2.62. The summed E-state index contributed by atoms with van der Waals surface area (Å²) >= 11 is 0. The lowest BCUT2D eigenvalue weighted by Gasteiger charge is -2.43. The van der Waals surface area contributed by atoms with Gasteiger partial charge in [-0.15, -0.1) is 37.2 Å². The Balaban J connectivity index is 0.00000392. The van der Waals surface area contributed by atoms with Crippen LogP contribution in [0.15, 0.2) is 78.9 Å². The smallest absolute Gasteiger partial charge is 0.252 e. The van der Waals surface area contributed by atoms with Crippen molar-refractivity contribution in [1.29, 1.82) is 0 Å². The predicted octanol–water partition coefficient (Wildman–Crippen LogP) is 5.86. The topological polar surface area (TPSA) is 197 Å². The van der Waals surface area contributed by atoms with Crippen LogP contribution in [0.5, 0.6) is 0 Å². The van der Waals surface area contributed by atoms with Crippen LogP contribution >= 0.6 is 37.2 Å². The summed E-state index contributed by atoms with van der Waals surface area (Å²) in [7, 11) is 1.60. The Morgan fingerprint density at radius 1 is 0.875 bits per heavy atom. The van der Waals surface area contributed by atoms with E-state index >= 15 is 0 Å². The van der Waals surface area contributed by atoms with E-state index in [2.05, 4.69) is 55.5 Å². The number of carbonyl (C=O) groups excluding carboxylic acids is 6. The average molecular weight is 1170 g/mol. The van der Waals surface area contributed by atoms with Gasteiger partial charge in [0.05, 0.1) is 37.8 Å². The van der Waals surface area contributed by atoms with E-state index in [4.69, 9.17) is 4.74 Å². The number of amides is 6. The van der Waals surface area contributed by atoms with Gasteiger partial charge in [-0.2, -0.15) is 0 Å². The Kier molecular flexibility index (Phi) is 22.9. The summed E-state index contributed by atoms with van der Waals surface area (Å²) in [4.78, 5) is 92.6. The molecule has 8 rings (SSSR count). The molecule has 0 aliphatic carbocycles. The monoisotopic (exact) mass is 1170 g/mol. The number of para-hydroxylation sites is 1. The van der Waals surface area contributed by atoms with E-state index in [1.54, 1.807) is 57.0 Å². The fourth-order valence-electron chi connectivity index (χ4n) is 10.7. The number of carbonyl (C=O) groups is 6. The number of nitrogens with zero attached hydrogens (tertiary/aromatic N) is 4. The van der Waals surface area contributed by atoms with Crippen molar-refractivity contribution in [3.05, 3.63) is 124 Å². The molecule has 4 aromatic rings. The molecule has 23 heteroatoms. The SMILES string of the molecule is CC[C@H](C)[C@H](NC(=O)C(C)NC)C(=O)N1Cc2ccc(NC(=O)CNC(=O)C3(C)CN(C(=O)CN4C[C@@H](C)NC[C@@H]4CN4CCOCC4C)c4cc(Cc5ccc(F)cc5)ccc43)cc2C1C(=O)Nc1c(F)cccc1F.Cl.Cl.Cl. The van der Waals surface area contributed by atoms with Gasteiger partial charge in [0.25, 0.3) is 5.91 Å². The summed E-state index contributed by atoms with van der Waals surface area (Å²) in [5, 5.41) is 17.2. The summed E-state index contributed by atoms with van der Waals surface area (Å²) in [5.74, 6) is -6.07. The molecule has 8 atom stereocenters. The Bertz CT molecular complexity index is 2860. The maximum absolute atomic E-state index is 15.0. The number of nitrogens with one attached hydrogen (secondary N) is 6. The van der Waals surface area contributed by atoms with E-state index in [0.717, 1.165) is 42.4 Å². The number of fused-ring (bicyclic) bond motifs is 2. The first-order chi connectivity index (χ1) is 36.8. The molecule has 6 amide bonds. The fourth-order valence-corrected chi connectivity index (χ4v) is 10.7. The van der Waals surface area contributed by atoms with E-state index in [1.165, 1.54) is 23.1 Å². The fraction of sp³-hybridized carbons (Fsp3) is 0.474. The van der Waals surface area contributed by atoms with E-state index < -0.39 is 76.9 Å². The number of anilines is 3. The Labute approximate surface area is 484 Å². The molecule has 4 unspecified atom stereocenters. The van der Waals surface area contributed by atoms with Crippen molar-refractivity contribution in [3.63, 3.8) is 0 Å². The minimum atomic E-state index is -1.45. The van der Waals surface area contributed by atoms with Gasteiger partial charge in [-0.05, 0) is 117 Å². The zero-order chi connectivity index (χ0) is 55.3. The van der Waals surface area contributed by atoms with Crippen molar-refractivity contribution in [3.8, 4) is 0 Å². The van der Waals surface area contributed by atoms with Gasteiger partial charge >= 0.3 is 0 Å². The van der Waals surface area contributed by atoms with Gasteiger partial charge in [-0.25, -0.2) is 13.2 Å². The predicted molar refractivity (Wildman–Crippen MR) is 308 cm³/mol. The van der Waals surface area contributed by atoms with Crippen molar-refractivity contribution >= 4 is 89.7 Å². The summed E-state index contributed by atoms with van der Waals surface area (Å²) in [5.41, 5.74) is 1.88. The first kappa shape index (κ1) is 65.0. The van der Waals surface area contributed by atoms with Gasteiger partial charge in [0.15, 0.2) is 0 Å². The van der Waals surface area contributed by atoms with Gasteiger partial charge in [0.2, 0.25) is 29.5 Å². The highest BCUT2D eigenvalue weighted by molar-refractivity contribution is 6.05. The highest BCUT2D eigenvalue weighted by Gasteiger charge is 2.48. The van der Waals surface area contributed by atoms with Crippen molar-refractivity contribution in [2.75, 3.05) is 81.6 Å². The molecule has 2 fully saturated rings. The second-order valence-corrected chi connectivity index (χ2v) is 21.3. The number of hydrogen-bond acceptors (Lipinski definition) is 11. The molecule has 17 nitrogen and oxygen atoms in total. The largest absolute Gasteiger partial charge is 0.379 e. The molecule has 4 heterocycles. The van der Waals surface area contributed by atoms with E-state index in [-0.39, 0.29) is 104 Å². The molecular weight excluding hydrogens is 1100 g/mol. The number of piperazine rings is 1. The Hall–Kier alpha value is -5.84. The number of likely N-dealkylation sites (N-methyl/N-ethyl adjacent to an activating group) is 1. The lowest BCUT2D eigenvalue weighted by atomic mass is 9.83. The van der Waals surface area contributed by atoms with Crippen molar-refractivity contribution < 1.29 is 46.7 Å². The first-order valence-electron chi connectivity index (χ1n) is 26.5. The van der Waals surface area contributed by atoms with Crippen LogP contribution in [0.3, 0.4) is 0 Å². The van der Waals surface area contributed by atoms with Crippen LogP contribution in [0, 0.1) is 23.4 Å². The van der Waals surface area contributed by atoms with Crippen LogP contribution in [-0.4, -0.2) is 146 Å². The third-order valence-corrected chi connectivity index (χ3v) is 15.7. The number of ether oxygens (including phenoxy) is 1. The van der Waals surface area contributed by atoms with Crippen LogP contribution in [0.4, 0.5) is 30.2 Å². The van der Waals surface area contributed by atoms with Crippen LogP contribution < -0.4 is 36.8 Å². The van der Waals surface area contributed by atoms with Crippen LogP contribution in [-0.2, 0) is 51.9 Å². The van der Waals surface area contributed by atoms with E-state index in [0.29, 0.717) is 56.0 Å². The number of rotatable bonds is 18. The van der Waals surface area contributed by atoms with Gasteiger partial charge in [-0.1, -0.05) is 56.7 Å². The molecule has 0 saturated carbocycles. The summed E-state index contributed by atoms with van der Waals surface area (Å²) in [6.45, 7) is 15.0. The zero-order valence-electron chi connectivity index (χ0n) is 46.0. The van der Waals surface area contributed by atoms with Crippen molar-refractivity contribution in [1.82, 2.24) is 36.0 Å².